The summed E-state index contributed by atoms with van der Waals surface area (Å²) in [5, 5.41) is 6.60. The topological polar surface area (TPSA) is 41.1 Å². The predicted molar refractivity (Wildman–Crippen MR) is 84.2 cm³/mol. The van der Waals surface area contributed by atoms with Gasteiger partial charge in [0.2, 0.25) is 5.91 Å². The van der Waals surface area contributed by atoms with Gasteiger partial charge in [-0.25, -0.2) is 0 Å². The van der Waals surface area contributed by atoms with Crippen LogP contribution in [0.5, 0.6) is 0 Å². The van der Waals surface area contributed by atoms with Crippen molar-refractivity contribution in [3.8, 4) is 0 Å². The Morgan fingerprint density at radius 2 is 1.95 bits per heavy atom. The van der Waals surface area contributed by atoms with E-state index in [1.807, 2.05) is 0 Å². The number of nitrogens with one attached hydrogen (secondary N) is 2. The summed E-state index contributed by atoms with van der Waals surface area (Å²) in [5.74, 6) is 0.131. The van der Waals surface area contributed by atoms with Crippen LogP contribution in [0.3, 0.4) is 0 Å². The summed E-state index contributed by atoms with van der Waals surface area (Å²) in [6.45, 7) is 9.29. The quantitative estimate of drug-likeness (QED) is 0.882. The molecule has 1 aromatic rings. The van der Waals surface area contributed by atoms with Crippen LogP contribution in [0.2, 0.25) is 0 Å². The minimum absolute atomic E-state index is 0.131. The second kappa shape index (κ2) is 5.96. The molecule has 0 radical (unpaired) electrons. The molecule has 3 nitrogen and oxygen atoms in total. The minimum Gasteiger partial charge on any atom is -0.324 e. The Balaban J connectivity index is 2.23. The first-order chi connectivity index (χ1) is 9.48. The molecule has 110 valence electrons. The number of hydrogen-bond acceptors (Lipinski definition) is 2. The average molecular weight is 274 g/mol. The average Bonchev–Trinajstić information content (AvgIpc) is 2.83. The zero-order valence-corrected chi connectivity index (χ0v) is 13.1. The maximum Gasteiger partial charge on any atom is 0.244 e. The van der Waals surface area contributed by atoms with Crippen molar-refractivity contribution >= 4 is 11.6 Å². The Kier molecular flexibility index (Phi) is 4.48. The van der Waals surface area contributed by atoms with Crippen molar-refractivity contribution in [3.63, 3.8) is 0 Å². The summed E-state index contributed by atoms with van der Waals surface area (Å²) in [6, 6.07) is 4.24. The highest BCUT2D eigenvalue weighted by atomic mass is 16.2. The second-order valence-electron chi connectivity index (χ2n) is 6.09. The van der Waals surface area contributed by atoms with E-state index in [-0.39, 0.29) is 11.4 Å². The molecule has 1 fully saturated rings. The van der Waals surface area contributed by atoms with Gasteiger partial charge in [-0.3, -0.25) is 4.79 Å². The van der Waals surface area contributed by atoms with Gasteiger partial charge in [-0.2, -0.15) is 0 Å². The van der Waals surface area contributed by atoms with Gasteiger partial charge in [0.15, 0.2) is 0 Å². The van der Waals surface area contributed by atoms with Crippen molar-refractivity contribution in [1.82, 2.24) is 5.32 Å². The van der Waals surface area contributed by atoms with E-state index in [0.29, 0.717) is 0 Å². The minimum atomic E-state index is -0.363. The van der Waals surface area contributed by atoms with Crippen LogP contribution in [0.15, 0.2) is 12.1 Å². The molecule has 0 aromatic heterocycles. The van der Waals surface area contributed by atoms with Crippen molar-refractivity contribution in [3.05, 3.63) is 28.8 Å². The smallest absolute Gasteiger partial charge is 0.244 e. The van der Waals surface area contributed by atoms with Crippen molar-refractivity contribution in [2.45, 2.75) is 58.9 Å². The third kappa shape index (κ3) is 2.88. The lowest BCUT2D eigenvalue weighted by atomic mass is 9.90. The van der Waals surface area contributed by atoms with Crippen LogP contribution >= 0.6 is 0 Å². The Hall–Kier alpha value is -1.35. The Labute approximate surface area is 122 Å². The number of amides is 1. The van der Waals surface area contributed by atoms with Crippen LogP contribution in [-0.4, -0.2) is 18.0 Å². The van der Waals surface area contributed by atoms with E-state index in [4.69, 9.17) is 0 Å². The van der Waals surface area contributed by atoms with Gasteiger partial charge in [-0.15, -0.1) is 0 Å². The van der Waals surface area contributed by atoms with Crippen LogP contribution in [-0.2, 0) is 4.79 Å². The predicted octanol–water partition coefficient (Wildman–Crippen LogP) is 3.47. The lowest BCUT2D eigenvalue weighted by molar-refractivity contribution is -0.122. The molecule has 1 amide bonds. The normalized spacial score (nSPS) is 22.0. The van der Waals surface area contributed by atoms with Crippen LogP contribution in [0, 0.1) is 20.8 Å². The molecule has 0 spiro atoms. The molecule has 1 heterocycles. The van der Waals surface area contributed by atoms with E-state index in [1.54, 1.807) is 0 Å². The molecule has 2 N–H and O–H groups in total. The number of rotatable bonds is 4. The standard InChI is InChI=1S/C17H26N2O/c1-5-7-17(8-6-9-18-17)16(20)19-15-13(3)10-12(2)11-14(15)4/h10-11,18H,5-9H2,1-4H3,(H,19,20). The summed E-state index contributed by atoms with van der Waals surface area (Å²) in [7, 11) is 0. The number of benzene rings is 1. The molecule has 1 aliphatic rings. The first-order valence-corrected chi connectivity index (χ1v) is 7.63. The lowest BCUT2D eigenvalue weighted by Crippen LogP contribution is -2.50. The van der Waals surface area contributed by atoms with Gasteiger partial charge in [0.25, 0.3) is 0 Å². The van der Waals surface area contributed by atoms with Crippen LogP contribution in [0.1, 0.15) is 49.3 Å². The van der Waals surface area contributed by atoms with Crippen LogP contribution < -0.4 is 10.6 Å². The molecule has 1 aliphatic heterocycles. The highest BCUT2D eigenvalue weighted by Crippen LogP contribution is 2.28. The second-order valence-corrected chi connectivity index (χ2v) is 6.09. The fourth-order valence-corrected chi connectivity index (χ4v) is 3.36. The zero-order valence-electron chi connectivity index (χ0n) is 13.1. The van der Waals surface area contributed by atoms with E-state index in [1.165, 1.54) is 5.56 Å². The molecular weight excluding hydrogens is 248 g/mol. The first kappa shape index (κ1) is 15.0. The number of carbonyl (C=O) groups is 1. The maximum atomic E-state index is 12.7. The van der Waals surface area contributed by atoms with Crippen molar-refractivity contribution in [2.75, 3.05) is 11.9 Å². The van der Waals surface area contributed by atoms with E-state index in [9.17, 15) is 4.79 Å². The zero-order chi connectivity index (χ0) is 14.8. The number of aryl methyl sites for hydroxylation is 3. The van der Waals surface area contributed by atoms with E-state index < -0.39 is 0 Å². The van der Waals surface area contributed by atoms with Gasteiger partial charge < -0.3 is 10.6 Å². The van der Waals surface area contributed by atoms with E-state index in [2.05, 4.69) is 50.5 Å². The van der Waals surface area contributed by atoms with Crippen molar-refractivity contribution in [2.24, 2.45) is 0 Å². The third-order valence-electron chi connectivity index (χ3n) is 4.27. The van der Waals surface area contributed by atoms with Crippen molar-refractivity contribution in [1.29, 1.82) is 0 Å². The number of carbonyl (C=O) groups excluding carboxylic acids is 1. The highest BCUT2D eigenvalue weighted by Gasteiger charge is 2.40. The van der Waals surface area contributed by atoms with E-state index >= 15 is 0 Å². The van der Waals surface area contributed by atoms with Gasteiger partial charge in [-0.05, 0) is 57.7 Å². The van der Waals surface area contributed by atoms with Gasteiger partial charge in [0.05, 0.1) is 5.54 Å². The molecule has 3 heteroatoms. The molecule has 20 heavy (non-hydrogen) atoms. The largest absolute Gasteiger partial charge is 0.324 e. The van der Waals surface area contributed by atoms with Crippen LogP contribution in [0.25, 0.3) is 0 Å². The molecule has 1 aromatic carbocycles. The first-order valence-electron chi connectivity index (χ1n) is 7.63. The summed E-state index contributed by atoms with van der Waals surface area (Å²) in [5.41, 5.74) is 4.13. The molecule has 0 saturated carbocycles. The SMILES string of the molecule is CCCC1(C(=O)Nc2c(C)cc(C)cc2C)CCCN1. The lowest BCUT2D eigenvalue weighted by Gasteiger charge is -2.28. The molecule has 1 atom stereocenters. The third-order valence-corrected chi connectivity index (χ3v) is 4.27. The van der Waals surface area contributed by atoms with Crippen molar-refractivity contribution < 1.29 is 4.79 Å². The monoisotopic (exact) mass is 274 g/mol. The fourth-order valence-electron chi connectivity index (χ4n) is 3.36. The van der Waals surface area contributed by atoms with Gasteiger partial charge >= 0.3 is 0 Å². The maximum absolute atomic E-state index is 12.7. The van der Waals surface area contributed by atoms with E-state index in [0.717, 1.165) is 49.0 Å². The molecule has 0 bridgehead atoms. The number of anilines is 1. The Bertz CT molecular complexity index is 479. The summed E-state index contributed by atoms with van der Waals surface area (Å²) in [4.78, 5) is 12.7. The number of hydrogen-bond donors (Lipinski definition) is 2. The van der Waals surface area contributed by atoms with Gasteiger partial charge in [-0.1, -0.05) is 31.0 Å². The summed E-state index contributed by atoms with van der Waals surface area (Å²) in [6.07, 6.45) is 3.95. The Morgan fingerprint density at radius 1 is 1.30 bits per heavy atom. The van der Waals surface area contributed by atoms with Gasteiger partial charge in [0.1, 0.15) is 0 Å². The Morgan fingerprint density at radius 3 is 2.45 bits per heavy atom. The summed E-state index contributed by atoms with van der Waals surface area (Å²) >= 11 is 0. The summed E-state index contributed by atoms with van der Waals surface area (Å²) < 4.78 is 0. The molecular formula is C17H26N2O. The molecule has 0 aliphatic carbocycles. The highest BCUT2D eigenvalue weighted by molar-refractivity contribution is 5.99. The molecule has 1 unspecified atom stereocenters. The fraction of sp³-hybridized carbons (Fsp3) is 0.588. The van der Waals surface area contributed by atoms with Gasteiger partial charge in [0, 0.05) is 5.69 Å². The molecule has 1 saturated heterocycles. The molecule has 2 rings (SSSR count). The van der Waals surface area contributed by atoms with Crippen LogP contribution in [0.4, 0.5) is 5.69 Å².